The number of hydrogen-bond donors (Lipinski definition) is 0. The Kier molecular flexibility index (Phi) is 6.60. The van der Waals surface area contributed by atoms with Crippen molar-refractivity contribution < 1.29 is 9.53 Å². The number of Topliss-reactive ketones (excluding diaryl/α,β-unsaturated/α-hetero) is 1. The maximum absolute atomic E-state index is 13.9. The molecule has 0 unspecified atom stereocenters. The predicted octanol–water partition coefficient (Wildman–Crippen LogP) is 5.89. The lowest BCUT2D eigenvalue weighted by molar-refractivity contribution is 0.0835. The van der Waals surface area contributed by atoms with Gasteiger partial charge in [0.15, 0.2) is 5.78 Å². The van der Waals surface area contributed by atoms with Crippen LogP contribution in [0.3, 0.4) is 0 Å². The van der Waals surface area contributed by atoms with Crippen LogP contribution in [0.4, 0.5) is 0 Å². The van der Waals surface area contributed by atoms with Crippen LogP contribution in [0.2, 0.25) is 0 Å². The van der Waals surface area contributed by atoms with Gasteiger partial charge in [0, 0.05) is 11.6 Å². The van der Waals surface area contributed by atoms with Crippen molar-refractivity contribution in [2.45, 2.75) is 31.2 Å². The molecule has 0 radical (unpaired) electrons. The van der Waals surface area contributed by atoms with Crippen LogP contribution in [-0.2, 0) is 0 Å². The number of nitrogens with zero attached hydrogens (tertiary/aromatic N) is 1. The van der Waals surface area contributed by atoms with Gasteiger partial charge in [-0.1, -0.05) is 79.2 Å². The largest absolute Gasteiger partial charge is 0.497 e. The molecule has 1 aliphatic heterocycles. The quantitative estimate of drug-likeness (QED) is 0.464. The monoisotopic (exact) mass is 399 g/mol. The highest BCUT2D eigenvalue weighted by atomic mass is 16.5. The molecule has 1 saturated heterocycles. The first kappa shape index (κ1) is 20.4. The second-order valence-corrected chi connectivity index (χ2v) is 7.93. The second kappa shape index (κ2) is 9.73. The number of hydrogen-bond acceptors (Lipinski definition) is 3. The molecule has 0 saturated carbocycles. The normalized spacial score (nSPS) is 16.6. The van der Waals surface area contributed by atoms with Crippen molar-refractivity contribution in [2.24, 2.45) is 0 Å². The highest BCUT2D eigenvalue weighted by Crippen LogP contribution is 2.40. The summed E-state index contributed by atoms with van der Waals surface area (Å²) in [5.74, 6) is 0.745. The second-order valence-electron chi connectivity index (χ2n) is 7.93. The van der Waals surface area contributed by atoms with Gasteiger partial charge >= 0.3 is 0 Å². The number of carbonyl (C=O) groups excluding carboxylic acids is 1. The molecule has 0 N–H and O–H groups in total. The molecule has 0 bridgehead atoms. The smallest absolute Gasteiger partial charge is 0.172 e. The maximum atomic E-state index is 13.9. The van der Waals surface area contributed by atoms with Gasteiger partial charge in [0.05, 0.1) is 13.0 Å². The van der Waals surface area contributed by atoms with Crippen LogP contribution in [0, 0.1) is 0 Å². The number of piperidine rings is 1. The first-order chi connectivity index (χ1) is 14.8. The number of carbonyl (C=O) groups is 1. The van der Waals surface area contributed by atoms with E-state index in [-0.39, 0.29) is 17.7 Å². The average Bonchev–Trinajstić information content (AvgIpc) is 2.84. The third-order valence-electron chi connectivity index (χ3n) is 6.06. The number of methoxy groups -OCH3 is 1. The Morgan fingerprint density at radius 3 is 1.97 bits per heavy atom. The van der Waals surface area contributed by atoms with Gasteiger partial charge in [-0.2, -0.15) is 0 Å². The van der Waals surface area contributed by atoms with Gasteiger partial charge in [0.1, 0.15) is 5.75 Å². The van der Waals surface area contributed by atoms with E-state index in [4.69, 9.17) is 4.74 Å². The summed E-state index contributed by atoms with van der Waals surface area (Å²) in [6.45, 7) is 2.03. The van der Waals surface area contributed by atoms with E-state index in [0.29, 0.717) is 0 Å². The van der Waals surface area contributed by atoms with Crippen molar-refractivity contribution >= 4 is 5.78 Å². The summed E-state index contributed by atoms with van der Waals surface area (Å²) in [5, 5.41) is 0. The van der Waals surface area contributed by atoms with Gasteiger partial charge in [-0.15, -0.1) is 0 Å². The van der Waals surface area contributed by atoms with E-state index in [9.17, 15) is 4.79 Å². The summed E-state index contributed by atoms with van der Waals surface area (Å²) in [7, 11) is 1.68. The van der Waals surface area contributed by atoms with Crippen LogP contribution >= 0.6 is 0 Å². The fourth-order valence-corrected chi connectivity index (χ4v) is 4.53. The lowest BCUT2D eigenvalue weighted by Gasteiger charge is -2.39. The third kappa shape index (κ3) is 4.47. The van der Waals surface area contributed by atoms with E-state index >= 15 is 0 Å². The average molecular weight is 400 g/mol. The maximum Gasteiger partial charge on any atom is 0.172 e. The van der Waals surface area contributed by atoms with E-state index in [0.717, 1.165) is 35.5 Å². The summed E-state index contributed by atoms with van der Waals surface area (Å²) in [4.78, 5) is 16.4. The van der Waals surface area contributed by atoms with Gasteiger partial charge in [-0.05, 0) is 49.2 Å². The Labute approximate surface area is 179 Å². The van der Waals surface area contributed by atoms with Gasteiger partial charge in [-0.3, -0.25) is 9.69 Å². The summed E-state index contributed by atoms with van der Waals surface area (Å²) < 4.78 is 5.38. The molecule has 1 heterocycles. The van der Waals surface area contributed by atoms with Crippen molar-refractivity contribution in [3.63, 3.8) is 0 Å². The summed E-state index contributed by atoms with van der Waals surface area (Å²) in [6, 6.07) is 28.2. The van der Waals surface area contributed by atoms with E-state index in [1.807, 2.05) is 60.7 Å². The molecule has 4 rings (SSSR count). The predicted molar refractivity (Wildman–Crippen MR) is 121 cm³/mol. The number of rotatable bonds is 7. The molecule has 0 aliphatic carbocycles. The van der Waals surface area contributed by atoms with Gasteiger partial charge in [0.25, 0.3) is 0 Å². The minimum Gasteiger partial charge on any atom is -0.497 e. The Morgan fingerprint density at radius 2 is 1.37 bits per heavy atom. The Morgan fingerprint density at radius 1 is 0.767 bits per heavy atom. The topological polar surface area (TPSA) is 29.5 Å². The molecule has 0 aromatic heterocycles. The summed E-state index contributed by atoms with van der Waals surface area (Å²) in [5.41, 5.74) is 3.00. The molecular weight excluding hydrogens is 370 g/mol. The molecule has 2 atom stereocenters. The SMILES string of the molecule is COc1ccc([C@H]([C@H](C(=O)c2ccccc2)c2ccccc2)N2CCCCC2)cc1. The summed E-state index contributed by atoms with van der Waals surface area (Å²) in [6.07, 6.45) is 3.61. The van der Waals surface area contributed by atoms with Crippen molar-refractivity contribution in [1.29, 1.82) is 0 Å². The van der Waals surface area contributed by atoms with E-state index in [1.165, 1.54) is 19.3 Å². The number of ether oxygens (including phenoxy) is 1. The molecule has 154 valence electrons. The van der Waals surface area contributed by atoms with Crippen molar-refractivity contribution in [3.05, 3.63) is 102 Å². The van der Waals surface area contributed by atoms with Crippen LogP contribution in [0.15, 0.2) is 84.9 Å². The van der Waals surface area contributed by atoms with Crippen molar-refractivity contribution in [2.75, 3.05) is 20.2 Å². The van der Waals surface area contributed by atoms with Crippen LogP contribution in [0.5, 0.6) is 5.75 Å². The Bertz CT molecular complexity index is 932. The van der Waals surface area contributed by atoms with Gasteiger partial charge in [0.2, 0.25) is 0 Å². The van der Waals surface area contributed by atoms with E-state index in [1.54, 1.807) is 7.11 Å². The Hall–Kier alpha value is -2.91. The molecule has 30 heavy (non-hydrogen) atoms. The highest BCUT2D eigenvalue weighted by molar-refractivity contribution is 6.01. The lowest BCUT2D eigenvalue weighted by Crippen LogP contribution is -2.39. The fourth-order valence-electron chi connectivity index (χ4n) is 4.53. The minimum atomic E-state index is -0.264. The minimum absolute atomic E-state index is 0.00804. The molecule has 3 aromatic rings. The zero-order chi connectivity index (χ0) is 20.8. The zero-order valence-electron chi connectivity index (χ0n) is 17.5. The molecule has 0 spiro atoms. The van der Waals surface area contributed by atoms with Crippen LogP contribution < -0.4 is 4.74 Å². The first-order valence-corrected chi connectivity index (χ1v) is 10.8. The molecule has 3 nitrogen and oxygen atoms in total. The molecular formula is C27H29NO2. The van der Waals surface area contributed by atoms with Crippen molar-refractivity contribution in [3.8, 4) is 5.75 Å². The van der Waals surface area contributed by atoms with Crippen LogP contribution in [0.25, 0.3) is 0 Å². The van der Waals surface area contributed by atoms with Crippen molar-refractivity contribution in [1.82, 2.24) is 4.90 Å². The molecule has 1 aliphatic rings. The lowest BCUT2D eigenvalue weighted by atomic mass is 9.80. The van der Waals surface area contributed by atoms with E-state index in [2.05, 4.69) is 29.2 Å². The standard InChI is InChI=1S/C27H29NO2/c1-30-24-17-15-22(16-18-24)26(28-19-9-4-10-20-28)25(21-11-5-2-6-12-21)27(29)23-13-7-3-8-14-23/h2-3,5-8,11-18,25-26H,4,9-10,19-20H2,1H3/t25-,26-/m1/s1. The third-order valence-corrected chi connectivity index (χ3v) is 6.06. The van der Waals surface area contributed by atoms with Crippen LogP contribution in [0.1, 0.15) is 52.7 Å². The highest BCUT2D eigenvalue weighted by Gasteiger charge is 2.36. The Balaban J connectivity index is 1.82. The molecule has 1 fully saturated rings. The number of benzene rings is 3. The first-order valence-electron chi connectivity index (χ1n) is 10.8. The van der Waals surface area contributed by atoms with Crippen LogP contribution in [-0.4, -0.2) is 30.9 Å². The van der Waals surface area contributed by atoms with Gasteiger partial charge < -0.3 is 4.74 Å². The molecule has 3 heteroatoms. The summed E-state index contributed by atoms with van der Waals surface area (Å²) >= 11 is 0. The zero-order valence-corrected chi connectivity index (χ0v) is 17.5. The van der Waals surface area contributed by atoms with E-state index < -0.39 is 0 Å². The number of likely N-dealkylation sites (tertiary alicyclic amines) is 1. The molecule has 3 aromatic carbocycles. The van der Waals surface area contributed by atoms with Gasteiger partial charge in [-0.25, -0.2) is 0 Å². The molecule has 0 amide bonds. The fraction of sp³-hybridized carbons (Fsp3) is 0.296. The number of ketones is 1.